The third-order valence-electron chi connectivity index (χ3n) is 2.19. The molecule has 78 valence electrons. The standard InChI is InChI=1S/C11H12ClN3/c12-10-3-1-2-9-8(10)4-6-14-11(9)15-7-5-13/h1-4,6H,5,7,13H2,(H,14,15). The second kappa shape index (κ2) is 4.47. The summed E-state index contributed by atoms with van der Waals surface area (Å²) in [5, 5.41) is 5.95. The number of halogens is 1. The van der Waals surface area contributed by atoms with E-state index in [9.17, 15) is 0 Å². The first-order valence-electron chi connectivity index (χ1n) is 4.80. The van der Waals surface area contributed by atoms with E-state index >= 15 is 0 Å². The van der Waals surface area contributed by atoms with Crippen LogP contribution in [0.2, 0.25) is 5.02 Å². The largest absolute Gasteiger partial charge is 0.368 e. The molecule has 0 atom stereocenters. The molecule has 0 spiro atoms. The van der Waals surface area contributed by atoms with Crippen molar-refractivity contribution in [2.75, 3.05) is 18.4 Å². The molecular weight excluding hydrogens is 210 g/mol. The van der Waals surface area contributed by atoms with Gasteiger partial charge in [-0.1, -0.05) is 23.7 Å². The Morgan fingerprint density at radius 3 is 2.93 bits per heavy atom. The summed E-state index contributed by atoms with van der Waals surface area (Å²) in [6.45, 7) is 1.29. The van der Waals surface area contributed by atoms with E-state index in [0.717, 1.165) is 21.6 Å². The minimum absolute atomic E-state index is 0.582. The molecule has 0 saturated carbocycles. The van der Waals surface area contributed by atoms with Gasteiger partial charge in [0.15, 0.2) is 0 Å². The van der Waals surface area contributed by atoms with Crippen LogP contribution in [0.4, 0.5) is 5.82 Å². The van der Waals surface area contributed by atoms with Gasteiger partial charge in [-0.05, 0) is 12.1 Å². The lowest BCUT2D eigenvalue weighted by Crippen LogP contribution is -2.13. The first-order chi connectivity index (χ1) is 7.33. The van der Waals surface area contributed by atoms with Crippen molar-refractivity contribution in [2.45, 2.75) is 0 Å². The molecule has 0 amide bonds. The molecule has 0 bridgehead atoms. The maximum absolute atomic E-state index is 6.08. The second-order valence-electron chi connectivity index (χ2n) is 3.21. The van der Waals surface area contributed by atoms with E-state index in [1.54, 1.807) is 6.20 Å². The van der Waals surface area contributed by atoms with Crippen molar-refractivity contribution in [3.8, 4) is 0 Å². The van der Waals surface area contributed by atoms with Gasteiger partial charge in [-0.2, -0.15) is 0 Å². The topological polar surface area (TPSA) is 50.9 Å². The molecule has 0 aliphatic heterocycles. The van der Waals surface area contributed by atoms with Crippen LogP contribution in [0.3, 0.4) is 0 Å². The molecule has 3 nitrogen and oxygen atoms in total. The van der Waals surface area contributed by atoms with Gasteiger partial charge in [0.2, 0.25) is 0 Å². The van der Waals surface area contributed by atoms with Crippen LogP contribution in [0, 0.1) is 0 Å². The van der Waals surface area contributed by atoms with Gasteiger partial charge in [0.05, 0.1) is 0 Å². The van der Waals surface area contributed by atoms with Gasteiger partial charge >= 0.3 is 0 Å². The molecule has 1 heterocycles. The van der Waals surface area contributed by atoms with Crippen molar-refractivity contribution in [3.05, 3.63) is 35.5 Å². The maximum atomic E-state index is 6.08. The zero-order chi connectivity index (χ0) is 10.7. The summed E-state index contributed by atoms with van der Waals surface area (Å²) in [5.41, 5.74) is 5.43. The predicted octanol–water partition coefficient (Wildman–Crippen LogP) is 2.26. The van der Waals surface area contributed by atoms with Gasteiger partial charge in [-0.15, -0.1) is 0 Å². The zero-order valence-electron chi connectivity index (χ0n) is 8.20. The number of hydrogen-bond acceptors (Lipinski definition) is 3. The number of fused-ring (bicyclic) bond motifs is 1. The van der Waals surface area contributed by atoms with Crippen LogP contribution in [-0.2, 0) is 0 Å². The van der Waals surface area contributed by atoms with Gasteiger partial charge < -0.3 is 11.1 Å². The molecule has 0 radical (unpaired) electrons. The summed E-state index contributed by atoms with van der Waals surface area (Å²) in [7, 11) is 0. The first kappa shape index (κ1) is 10.2. The van der Waals surface area contributed by atoms with E-state index < -0.39 is 0 Å². The van der Waals surface area contributed by atoms with Crippen LogP contribution in [-0.4, -0.2) is 18.1 Å². The third kappa shape index (κ3) is 2.03. The molecule has 0 fully saturated rings. The molecule has 4 heteroatoms. The molecule has 2 rings (SSSR count). The van der Waals surface area contributed by atoms with Gasteiger partial charge in [0.1, 0.15) is 5.82 Å². The second-order valence-corrected chi connectivity index (χ2v) is 3.62. The molecule has 1 aromatic carbocycles. The van der Waals surface area contributed by atoms with Crippen LogP contribution < -0.4 is 11.1 Å². The number of hydrogen-bond donors (Lipinski definition) is 2. The molecule has 15 heavy (non-hydrogen) atoms. The van der Waals surface area contributed by atoms with Gasteiger partial charge in [0, 0.05) is 35.1 Å². The van der Waals surface area contributed by atoms with E-state index in [0.29, 0.717) is 13.1 Å². The number of rotatable bonds is 3. The summed E-state index contributed by atoms with van der Waals surface area (Å²) in [6, 6.07) is 7.69. The average molecular weight is 222 g/mol. The van der Waals surface area contributed by atoms with E-state index in [-0.39, 0.29) is 0 Å². The van der Waals surface area contributed by atoms with Crippen molar-refractivity contribution >= 4 is 28.2 Å². The van der Waals surface area contributed by atoms with Gasteiger partial charge in [0.25, 0.3) is 0 Å². The minimum atomic E-state index is 0.582. The number of nitrogens with zero attached hydrogens (tertiary/aromatic N) is 1. The monoisotopic (exact) mass is 221 g/mol. The van der Waals surface area contributed by atoms with Crippen LogP contribution in [0.5, 0.6) is 0 Å². The summed E-state index contributed by atoms with van der Waals surface area (Å²) >= 11 is 6.08. The highest BCUT2D eigenvalue weighted by atomic mass is 35.5. The van der Waals surface area contributed by atoms with Crippen molar-refractivity contribution in [1.29, 1.82) is 0 Å². The van der Waals surface area contributed by atoms with Crippen LogP contribution >= 0.6 is 11.6 Å². The fourth-order valence-electron chi connectivity index (χ4n) is 1.50. The molecule has 2 aromatic rings. The highest BCUT2D eigenvalue weighted by molar-refractivity contribution is 6.35. The Bertz CT molecular complexity index is 470. The number of nitrogens with two attached hydrogens (primary N) is 1. The van der Waals surface area contributed by atoms with Gasteiger partial charge in [-0.3, -0.25) is 0 Å². The van der Waals surface area contributed by atoms with E-state index in [2.05, 4.69) is 10.3 Å². The van der Waals surface area contributed by atoms with Gasteiger partial charge in [-0.25, -0.2) is 4.98 Å². The number of pyridine rings is 1. The zero-order valence-corrected chi connectivity index (χ0v) is 8.96. The summed E-state index contributed by atoms with van der Waals surface area (Å²) in [4.78, 5) is 4.26. The molecular formula is C11H12ClN3. The quantitative estimate of drug-likeness (QED) is 0.836. The Labute approximate surface area is 93.3 Å². The number of benzene rings is 1. The highest BCUT2D eigenvalue weighted by Crippen LogP contribution is 2.26. The van der Waals surface area contributed by atoms with Crippen LogP contribution in [0.25, 0.3) is 10.8 Å². The highest BCUT2D eigenvalue weighted by Gasteiger charge is 2.03. The van der Waals surface area contributed by atoms with E-state index in [4.69, 9.17) is 17.3 Å². The van der Waals surface area contributed by atoms with Crippen LogP contribution in [0.1, 0.15) is 0 Å². The van der Waals surface area contributed by atoms with Crippen molar-refractivity contribution in [2.24, 2.45) is 5.73 Å². The summed E-state index contributed by atoms with van der Waals surface area (Å²) in [5.74, 6) is 0.834. The van der Waals surface area contributed by atoms with Crippen molar-refractivity contribution in [3.63, 3.8) is 0 Å². The number of anilines is 1. The maximum Gasteiger partial charge on any atom is 0.133 e. The lowest BCUT2D eigenvalue weighted by molar-refractivity contribution is 1.02. The smallest absolute Gasteiger partial charge is 0.133 e. The average Bonchev–Trinajstić information content (AvgIpc) is 2.27. The molecule has 0 unspecified atom stereocenters. The van der Waals surface area contributed by atoms with E-state index in [1.807, 2.05) is 24.3 Å². The summed E-state index contributed by atoms with van der Waals surface area (Å²) in [6.07, 6.45) is 1.74. The Morgan fingerprint density at radius 2 is 2.13 bits per heavy atom. The number of aromatic nitrogens is 1. The molecule has 0 saturated heterocycles. The van der Waals surface area contributed by atoms with E-state index in [1.165, 1.54) is 0 Å². The lowest BCUT2D eigenvalue weighted by atomic mass is 10.1. The van der Waals surface area contributed by atoms with Crippen LogP contribution in [0.15, 0.2) is 30.5 Å². The fourth-order valence-corrected chi connectivity index (χ4v) is 1.74. The molecule has 3 N–H and O–H groups in total. The third-order valence-corrected chi connectivity index (χ3v) is 2.52. The SMILES string of the molecule is NCCNc1nccc2c(Cl)cccc12. The lowest BCUT2D eigenvalue weighted by Gasteiger charge is -2.07. The predicted molar refractivity (Wildman–Crippen MR) is 64.3 cm³/mol. The number of nitrogens with one attached hydrogen (secondary N) is 1. The Kier molecular flexibility index (Phi) is 3.04. The van der Waals surface area contributed by atoms with Crippen molar-refractivity contribution in [1.82, 2.24) is 4.98 Å². The molecule has 0 aliphatic rings. The Hall–Kier alpha value is -1.32. The van der Waals surface area contributed by atoms with Crippen molar-refractivity contribution < 1.29 is 0 Å². The molecule has 1 aromatic heterocycles. The Morgan fingerprint density at radius 1 is 1.27 bits per heavy atom. The minimum Gasteiger partial charge on any atom is -0.368 e. The normalized spacial score (nSPS) is 10.5. The summed E-state index contributed by atoms with van der Waals surface area (Å²) < 4.78 is 0. The fraction of sp³-hybridized carbons (Fsp3) is 0.182. The Balaban J connectivity index is 2.51. The molecule has 0 aliphatic carbocycles. The first-order valence-corrected chi connectivity index (χ1v) is 5.18.